The molecular formula is C15H18N2O4. The van der Waals surface area contributed by atoms with Gasteiger partial charge >= 0.3 is 5.97 Å². The number of hydrogen-bond acceptors (Lipinski definition) is 4. The molecule has 0 bridgehead atoms. The molecule has 6 nitrogen and oxygen atoms in total. The van der Waals surface area contributed by atoms with Crippen LogP contribution in [0.25, 0.3) is 11.0 Å². The Morgan fingerprint density at radius 2 is 2.05 bits per heavy atom. The Kier molecular flexibility index (Phi) is 3.68. The van der Waals surface area contributed by atoms with Gasteiger partial charge in [-0.25, -0.2) is 4.98 Å². The molecule has 0 unspecified atom stereocenters. The maximum Gasteiger partial charge on any atom is 0.323 e. The van der Waals surface area contributed by atoms with Crippen LogP contribution in [0.5, 0.6) is 11.5 Å². The molecule has 0 spiro atoms. The van der Waals surface area contributed by atoms with Gasteiger partial charge in [-0.15, -0.1) is 0 Å². The van der Waals surface area contributed by atoms with Crippen molar-refractivity contribution in [3.8, 4) is 11.5 Å². The number of carboxylic acid groups (broad SMARTS) is 1. The molecule has 1 aliphatic heterocycles. The quantitative estimate of drug-likeness (QED) is 0.914. The molecule has 1 aliphatic rings. The molecule has 3 rings (SSSR count). The van der Waals surface area contributed by atoms with E-state index in [1.807, 2.05) is 12.1 Å². The fourth-order valence-corrected chi connectivity index (χ4v) is 2.55. The largest absolute Gasteiger partial charge is 0.486 e. The predicted octanol–water partition coefficient (Wildman–Crippen LogP) is 2.23. The summed E-state index contributed by atoms with van der Waals surface area (Å²) in [6, 6.07) is 3.66. The number of aliphatic carboxylic acids is 1. The number of benzene rings is 1. The first-order valence-electron chi connectivity index (χ1n) is 7.19. The van der Waals surface area contributed by atoms with E-state index >= 15 is 0 Å². The van der Waals surface area contributed by atoms with Gasteiger partial charge in [-0.2, -0.15) is 0 Å². The van der Waals surface area contributed by atoms with Gasteiger partial charge in [0.2, 0.25) is 0 Å². The smallest absolute Gasteiger partial charge is 0.323 e. The number of aromatic nitrogens is 2. The summed E-state index contributed by atoms with van der Waals surface area (Å²) in [6.45, 7) is 3.05. The third-order valence-corrected chi connectivity index (χ3v) is 3.54. The second kappa shape index (κ2) is 5.63. The summed E-state index contributed by atoms with van der Waals surface area (Å²) in [5.74, 6) is 1.26. The van der Waals surface area contributed by atoms with Gasteiger partial charge in [-0.3, -0.25) is 4.79 Å². The van der Waals surface area contributed by atoms with Crippen LogP contribution in [0.4, 0.5) is 0 Å². The lowest BCUT2D eigenvalue weighted by atomic mass is 10.2. The maximum atomic E-state index is 11.1. The minimum absolute atomic E-state index is 0.0881. The second-order valence-corrected chi connectivity index (χ2v) is 5.10. The van der Waals surface area contributed by atoms with Crippen molar-refractivity contribution in [2.75, 3.05) is 13.2 Å². The first-order valence-corrected chi connectivity index (χ1v) is 7.19. The standard InChI is InChI=1S/C15H18N2O4/c1-2-3-4-14-16-10-7-12-13(21-6-5-20-12)8-11(10)17(14)9-15(18)19/h7-8H,2-6,9H2,1H3,(H,18,19). The Morgan fingerprint density at radius 3 is 2.71 bits per heavy atom. The van der Waals surface area contributed by atoms with Crippen molar-refractivity contribution in [3.63, 3.8) is 0 Å². The Hall–Kier alpha value is -2.24. The maximum absolute atomic E-state index is 11.1. The number of carbonyl (C=O) groups is 1. The zero-order valence-electron chi connectivity index (χ0n) is 12.0. The van der Waals surface area contributed by atoms with Crippen LogP contribution >= 0.6 is 0 Å². The van der Waals surface area contributed by atoms with Crippen molar-refractivity contribution >= 4 is 17.0 Å². The minimum Gasteiger partial charge on any atom is -0.486 e. The first-order chi connectivity index (χ1) is 10.2. The van der Waals surface area contributed by atoms with E-state index in [1.54, 1.807) is 4.57 Å². The van der Waals surface area contributed by atoms with E-state index in [2.05, 4.69) is 11.9 Å². The number of imidazole rings is 1. The molecule has 0 atom stereocenters. The highest BCUT2D eigenvalue weighted by molar-refractivity contribution is 5.82. The Morgan fingerprint density at radius 1 is 1.33 bits per heavy atom. The molecule has 0 saturated carbocycles. The van der Waals surface area contributed by atoms with Crippen LogP contribution in [0.3, 0.4) is 0 Å². The molecule has 1 aromatic heterocycles. The van der Waals surface area contributed by atoms with Crippen LogP contribution in [0.2, 0.25) is 0 Å². The van der Waals surface area contributed by atoms with Gasteiger partial charge in [0.1, 0.15) is 25.6 Å². The van der Waals surface area contributed by atoms with Gasteiger partial charge < -0.3 is 19.1 Å². The monoisotopic (exact) mass is 290 g/mol. The molecule has 2 heterocycles. The highest BCUT2D eigenvalue weighted by Crippen LogP contribution is 2.34. The molecule has 21 heavy (non-hydrogen) atoms. The predicted molar refractivity (Wildman–Crippen MR) is 77.0 cm³/mol. The molecule has 1 aromatic carbocycles. The van der Waals surface area contributed by atoms with Gasteiger partial charge in [0, 0.05) is 18.6 Å². The van der Waals surface area contributed by atoms with Crippen LogP contribution < -0.4 is 9.47 Å². The van der Waals surface area contributed by atoms with Crippen LogP contribution in [0.1, 0.15) is 25.6 Å². The third-order valence-electron chi connectivity index (χ3n) is 3.54. The van der Waals surface area contributed by atoms with E-state index in [1.165, 1.54) is 0 Å². The number of nitrogens with zero attached hydrogens (tertiary/aromatic N) is 2. The highest BCUT2D eigenvalue weighted by atomic mass is 16.6. The zero-order valence-corrected chi connectivity index (χ0v) is 12.0. The molecule has 6 heteroatoms. The summed E-state index contributed by atoms with van der Waals surface area (Å²) >= 11 is 0. The number of ether oxygens (including phenoxy) is 2. The van der Waals surface area contributed by atoms with Gasteiger partial charge in [0.05, 0.1) is 11.0 Å². The molecule has 112 valence electrons. The number of carboxylic acids is 1. The lowest BCUT2D eigenvalue weighted by Crippen LogP contribution is -2.15. The summed E-state index contributed by atoms with van der Waals surface area (Å²) in [5, 5.41) is 9.13. The molecule has 0 saturated heterocycles. The molecule has 0 amide bonds. The van der Waals surface area contributed by atoms with Crippen LogP contribution in [0.15, 0.2) is 12.1 Å². The molecular weight excluding hydrogens is 272 g/mol. The van der Waals surface area contributed by atoms with E-state index in [0.29, 0.717) is 24.7 Å². The van der Waals surface area contributed by atoms with E-state index in [9.17, 15) is 4.79 Å². The van der Waals surface area contributed by atoms with E-state index < -0.39 is 5.97 Å². The SMILES string of the molecule is CCCCc1nc2cc3c(cc2n1CC(=O)O)OCCO3. The van der Waals surface area contributed by atoms with Gasteiger partial charge in [0.15, 0.2) is 11.5 Å². The highest BCUT2D eigenvalue weighted by Gasteiger charge is 2.18. The number of hydrogen-bond donors (Lipinski definition) is 1. The Bertz CT molecular complexity index is 678. The van der Waals surface area contributed by atoms with Crippen LogP contribution in [-0.2, 0) is 17.8 Å². The minimum atomic E-state index is -0.873. The summed E-state index contributed by atoms with van der Waals surface area (Å²) in [7, 11) is 0. The first kappa shape index (κ1) is 13.7. The summed E-state index contributed by atoms with van der Waals surface area (Å²) in [4.78, 5) is 15.7. The molecule has 0 aliphatic carbocycles. The van der Waals surface area contributed by atoms with Gasteiger partial charge in [0.25, 0.3) is 0 Å². The number of aryl methyl sites for hydroxylation is 1. The Balaban J connectivity index is 2.10. The third kappa shape index (κ3) is 2.66. The molecule has 1 N–H and O–H groups in total. The van der Waals surface area contributed by atoms with Crippen molar-refractivity contribution in [2.24, 2.45) is 0 Å². The van der Waals surface area contributed by atoms with E-state index in [4.69, 9.17) is 14.6 Å². The zero-order chi connectivity index (χ0) is 14.8. The van der Waals surface area contributed by atoms with Crippen molar-refractivity contribution in [1.29, 1.82) is 0 Å². The lowest BCUT2D eigenvalue weighted by Gasteiger charge is -2.18. The van der Waals surface area contributed by atoms with Crippen molar-refractivity contribution < 1.29 is 19.4 Å². The topological polar surface area (TPSA) is 73.6 Å². The van der Waals surface area contributed by atoms with E-state index in [-0.39, 0.29) is 6.54 Å². The average Bonchev–Trinajstić information content (AvgIpc) is 2.79. The van der Waals surface area contributed by atoms with Crippen molar-refractivity contribution in [2.45, 2.75) is 32.7 Å². The summed E-state index contributed by atoms with van der Waals surface area (Å²) in [5.41, 5.74) is 1.54. The average molecular weight is 290 g/mol. The van der Waals surface area contributed by atoms with Crippen molar-refractivity contribution in [3.05, 3.63) is 18.0 Å². The number of fused-ring (bicyclic) bond motifs is 2. The van der Waals surface area contributed by atoms with Gasteiger partial charge in [-0.05, 0) is 6.42 Å². The summed E-state index contributed by atoms with van der Waals surface area (Å²) < 4.78 is 12.9. The molecule has 2 aromatic rings. The number of unbranched alkanes of at least 4 members (excludes halogenated alkanes) is 1. The van der Waals surface area contributed by atoms with E-state index in [0.717, 1.165) is 36.1 Å². The van der Waals surface area contributed by atoms with Crippen LogP contribution in [-0.4, -0.2) is 33.8 Å². The molecule has 0 radical (unpaired) electrons. The fraction of sp³-hybridized carbons (Fsp3) is 0.467. The molecule has 0 fully saturated rings. The van der Waals surface area contributed by atoms with Crippen molar-refractivity contribution in [1.82, 2.24) is 9.55 Å². The van der Waals surface area contributed by atoms with Crippen LogP contribution in [0, 0.1) is 0 Å². The lowest BCUT2D eigenvalue weighted by molar-refractivity contribution is -0.137. The Labute approximate surface area is 122 Å². The second-order valence-electron chi connectivity index (χ2n) is 5.10. The summed E-state index contributed by atoms with van der Waals surface area (Å²) in [6.07, 6.45) is 2.79. The number of rotatable bonds is 5. The van der Waals surface area contributed by atoms with Gasteiger partial charge in [-0.1, -0.05) is 13.3 Å². The normalized spacial score (nSPS) is 13.6. The fourth-order valence-electron chi connectivity index (χ4n) is 2.55.